The molecule has 16 rings (SSSR count). The lowest BCUT2D eigenvalue weighted by molar-refractivity contribution is -0.969. The molecule has 0 radical (unpaired) electrons. The molecule has 14 nitrogen and oxygen atoms in total. The third-order valence-electron chi connectivity index (χ3n) is 28.3. The van der Waals surface area contributed by atoms with Crippen LogP contribution in [0, 0.1) is 12.8 Å². The maximum absolute atomic E-state index is 11.2. The number of quaternary nitrogens is 6. The van der Waals surface area contributed by atoms with E-state index >= 15 is 0 Å². The number of rotatable bonds is 17. The second-order valence-electron chi connectivity index (χ2n) is 45.5. The second-order valence-corrected chi connectivity index (χ2v) is 47.4. The molecule has 2 unspecified atom stereocenters. The van der Waals surface area contributed by atoms with Crippen LogP contribution in [0.15, 0.2) is 240 Å². The van der Waals surface area contributed by atoms with E-state index in [4.69, 9.17) is 14.2 Å². The highest BCUT2D eigenvalue weighted by Gasteiger charge is 2.41. The summed E-state index contributed by atoms with van der Waals surface area (Å²) < 4.78 is 31.9. The number of carbonyl (C=O) groups is 1. The van der Waals surface area contributed by atoms with Gasteiger partial charge in [-0.05, 0) is 164 Å². The van der Waals surface area contributed by atoms with Gasteiger partial charge in [0.1, 0.15) is 84.5 Å². The van der Waals surface area contributed by atoms with Gasteiger partial charge in [-0.1, -0.05) is 219 Å². The van der Waals surface area contributed by atoms with Crippen molar-refractivity contribution in [1.82, 2.24) is 0 Å². The quantitative estimate of drug-likeness (QED) is 0.0726. The van der Waals surface area contributed by atoms with Crippen molar-refractivity contribution in [3.63, 3.8) is 0 Å². The van der Waals surface area contributed by atoms with Crippen LogP contribution in [0.1, 0.15) is 229 Å². The van der Waals surface area contributed by atoms with Crippen molar-refractivity contribution in [3.05, 3.63) is 329 Å². The fraction of sp³-hybridized carbons (Fsp3) is 0.521. The number of ketones is 1. The Hall–Kier alpha value is -7.94. The van der Waals surface area contributed by atoms with Crippen LogP contribution >= 0.6 is 31.9 Å². The van der Waals surface area contributed by atoms with Gasteiger partial charge in [-0.15, -0.1) is 0 Å². The zero-order valence-electron chi connectivity index (χ0n) is 89.7. The van der Waals surface area contributed by atoms with Gasteiger partial charge in [-0.25, -0.2) is 13.7 Å². The molecule has 3 saturated heterocycles. The summed E-state index contributed by atoms with van der Waals surface area (Å²) in [5.41, 5.74) is 22.4. The highest BCUT2D eigenvalue weighted by Crippen LogP contribution is 2.42. The topological polar surface area (TPSA) is 76.6 Å². The minimum absolute atomic E-state index is 0.0506. The molecule has 0 saturated carbocycles. The molecule has 0 spiro atoms. The Kier molecular flexibility index (Phi) is 45.8. The number of pyridine rings is 3. The van der Waals surface area contributed by atoms with E-state index in [1.807, 2.05) is 0 Å². The molecule has 0 amide bonds. The number of aromatic hydroxyl groups is 1. The number of Topliss-reactive ketones (excluding diaryl/α,β-unsaturated/α-hetero) is 1. The van der Waals surface area contributed by atoms with Gasteiger partial charge in [0.2, 0.25) is 0 Å². The third kappa shape index (κ3) is 39.5. The van der Waals surface area contributed by atoms with Gasteiger partial charge < -0.3 is 51.0 Å². The number of likely N-dealkylation sites (tertiary alicyclic amines) is 2. The molecule has 746 valence electrons. The van der Waals surface area contributed by atoms with Gasteiger partial charge in [-0.2, -0.15) is 0 Å². The third-order valence-corrected chi connectivity index (χ3v) is 29.4. The lowest BCUT2D eigenvalue weighted by Crippen LogP contribution is -2.56. The second kappa shape index (κ2) is 54.9. The first-order chi connectivity index (χ1) is 64.7. The number of phenolic OH excluding ortho intramolecular Hbond substituents is 1. The average Bonchev–Trinajstić information content (AvgIpc) is 1.12. The van der Waals surface area contributed by atoms with E-state index in [1.165, 1.54) is 154 Å². The van der Waals surface area contributed by atoms with Gasteiger partial charge in [-0.3, -0.25) is 0 Å². The van der Waals surface area contributed by atoms with E-state index in [2.05, 4.69) is 444 Å². The smallest absolute Gasteiger partial charge is 0.184 e. The number of halogens is 2. The Labute approximate surface area is 848 Å². The van der Waals surface area contributed by atoms with Crippen LogP contribution in [-0.2, 0) is 122 Å². The highest BCUT2D eigenvalue weighted by molar-refractivity contribution is 9.10. The summed E-state index contributed by atoms with van der Waals surface area (Å²) in [7, 11) is 28.9. The van der Waals surface area contributed by atoms with Crippen molar-refractivity contribution in [3.8, 4) is 5.75 Å². The molecule has 6 aliphatic rings. The maximum atomic E-state index is 11.2. The number of carbonyl (C=O) groups excluding carboxylic acids is 1. The Morgan fingerprint density at radius 1 is 0.445 bits per heavy atom. The number of hydrogen-bond acceptors (Lipinski definition) is 5. The van der Waals surface area contributed by atoms with Crippen molar-refractivity contribution >= 4 is 37.6 Å². The normalized spacial score (nSPS) is 17.4. The van der Waals surface area contributed by atoms with Crippen LogP contribution in [0.3, 0.4) is 0 Å². The number of likely N-dealkylation sites (N-methyl/N-ethyl adjacent to an activating group) is 1. The molecule has 16 heteroatoms. The van der Waals surface area contributed by atoms with E-state index in [-0.39, 0.29) is 10.8 Å². The zero-order valence-corrected chi connectivity index (χ0v) is 92.9. The molecule has 2 atom stereocenters. The number of fused-ring (bicyclic) bond motifs is 3. The van der Waals surface area contributed by atoms with Crippen LogP contribution < -0.4 is 13.7 Å². The highest BCUT2D eigenvalue weighted by atomic mass is 79.9. The fourth-order valence-corrected chi connectivity index (χ4v) is 20.3. The van der Waals surface area contributed by atoms with Gasteiger partial charge in [0.25, 0.3) is 0 Å². The van der Waals surface area contributed by atoms with E-state index < -0.39 is 0 Å². The van der Waals surface area contributed by atoms with E-state index in [9.17, 15) is 9.90 Å². The molecular formula is C121H182Br2N9O5+9. The van der Waals surface area contributed by atoms with E-state index in [0.29, 0.717) is 62.0 Å². The zero-order chi connectivity index (χ0) is 100. The van der Waals surface area contributed by atoms with Crippen molar-refractivity contribution in [2.24, 2.45) is 27.1 Å². The Balaban J connectivity index is 0.000000191. The van der Waals surface area contributed by atoms with Crippen molar-refractivity contribution in [1.29, 1.82) is 0 Å². The molecule has 137 heavy (non-hydrogen) atoms. The van der Waals surface area contributed by atoms with E-state index in [0.717, 1.165) is 119 Å². The summed E-state index contributed by atoms with van der Waals surface area (Å²) in [5, 5.41) is 10.7. The largest absolute Gasteiger partial charge is 0.507 e. The van der Waals surface area contributed by atoms with Crippen molar-refractivity contribution < 1.29 is 64.7 Å². The SMILES string of the molecule is CC(=O)CC1CC[N+](C)(Cc2ccccc2)C1.CC(C)(C)c1cc(C[N+](C)(C)C)cc(C(C)(C)C)c1O.CC(C)[N+](C)(Cc1ccc(Br)cc1)C(C)C.C[N+](C)(C)Cc1ccc(Br)cc1.C[N+]1(C(c2ccccc2)c2ccccc2)CCC1.C[N+]1(Cc2ccccc2)CCOCCOCCOCC1.C[n+]1ccc2c(c1)CCCC2.C[n+]1cccc2c1CCCC2.Cc1ccc2c([n+]1C)CCCC2. The molecule has 7 aromatic carbocycles. The predicted molar refractivity (Wildman–Crippen MR) is 578 cm³/mol. The number of nitrogens with zero attached hydrogens (tertiary/aromatic N) is 9. The standard InChI is InChI=1S/C18H31NO.C17H20N.C16H26NO3.C15H22NO.C14H23BrN.C11H16N.C10H15BrN.2C10H14N/c1-17(2,3)14-10-13(12-19(7,8)9)11-15(16(14)20)18(4,5)6;1-18(13-8-14-18)17(15-9-4-2-5-10-15)16-11-6-3-7-12-16;1-17(15-16-5-3-2-4-6-16)7-9-18-11-13-20-14-12-19-10-8-17;1-13(17)10-15-8-9-16(2,12-15)11-14-6-4-3-5-7-14;1-11(2)16(5,12(3)4)10-13-6-8-14(15)9-7-13;1-9-7-8-10-5-3-4-6-11(10)12(9)2;1-12(2,3)8-9-4-6-10(11)7-5-9;1-11-8-4-6-9-5-2-3-7-10(9)11;1-11-7-6-9-4-2-3-5-10(9)8-11/h10-11H,12H2,1-9H3;2-7,9-12,17H,8,13-14H2,1H3;2-6H,7-15H2,1H3;3-7,15H,8-12H2,1-2H3;6-9,11-12H,10H2,1-5H3;7-8H,3-6H2,1-2H3;4-7H,8H2,1-3H3;4,6,8H,2-3,5,7H2,1H3;6-8H,2-5H2,1H3/q;8*+1/p+1. The van der Waals surface area contributed by atoms with Crippen LogP contribution in [0.25, 0.3) is 0 Å². The minimum Gasteiger partial charge on any atom is -0.507 e. The summed E-state index contributed by atoms with van der Waals surface area (Å²) in [6, 6.07) is 77.6. The number of aryl methyl sites for hydroxylation is 7. The molecule has 0 bridgehead atoms. The molecule has 6 heterocycles. The molecule has 1 N–H and O–H groups in total. The summed E-state index contributed by atoms with van der Waals surface area (Å²) in [6.07, 6.45) is 25.8. The average molecular weight is 2000 g/mol. The first-order valence-electron chi connectivity index (χ1n) is 51.4. The maximum Gasteiger partial charge on any atom is 0.184 e. The van der Waals surface area contributed by atoms with Crippen LogP contribution in [0.4, 0.5) is 0 Å². The Morgan fingerprint density at radius 2 is 0.861 bits per heavy atom. The van der Waals surface area contributed by atoms with Gasteiger partial charge in [0, 0.05) is 139 Å². The lowest BCUT2D eigenvalue weighted by atomic mass is 9.78. The predicted octanol–water partition coefficient (Wildman–Crippen LogP) is 23.5. The summed E-state index contributed by atoms with van der Waals surface area (Å²) in [4.78, 5) is 11.2. The number of hydrogen-bond donors (Lipinski definition) is 1. The van der Waals surface area contributed by atoms with Crippen LogP contribution in [-0.4, -0.2) is 199 Å². The van der Waals surface area contributed by atoms with E-state index in [1.54, 1.807) is 40.6 Å². The first kappa shape index (κ1) is 114. The molecule has 3 aromatic heterocycles. The molecule has 3 aliphatic heterocycles. The summed E-state index contributed by atoms with van der Waals surface area (Å²) >= 11 is 6.90. The summed E-state index contributed by atoms with van der Waals surface area (Å²) in [5.74, 6) is 1.40. The lowest BCUT2D eigenvalue weighted by Gasteiger charge is -2.48. The molecular weight excluding hydrogens is 1820 g/mol. The number of benzene rings is 7. The molecule has 10 aromatic rings. The number of ether oxygens (including phenoxy) is 3. The molecule has 3 aliphatic carbocycles. The van der Waals surface area contributed by atoms with Crippen molar-refractivity contribution in [2.45, 2.75) is 241 Å². The van der Waals surface area contributed by atoms with Crippen LogP contribution in [0.2, 0.25) is 0 Å². The number of phenols is 1. The first-order valence-corrected chi connectivity index (χ1v) is 53.0. The van der Waals surface area contributed by atoms with Gasteiger partial charge >= 0.3 is 0 Å². The Bertz CT molecular complexity index is 5100. The number of aromatic nitrogens is 3. The van der Waals surface area contributed by atoms with Gasteiger partial charge in [0.15, 0.2) is 35.7 Å². The fourth-order valence-electron chi connectivity index (χ4n) is 19.8. The monoisotopic (exact) mass is 2000 g/mol. The Morgan fingerprint density at radius 3 is 1.30 bits per heavy atom. The van der Waals surface area contributed by atoms with Crippen LogP contribution in [0.5, 0.6) is 5.75 Å². The summed E-state index contributed by atoms with van der Waals surface area (Å²) in [6.45, 7) is 42.4. The molecule has 3 fully saturated rings. The van der Waals surface area contributed by atoms with Gasteiger partial charge in [0.05, 0.1) is 148 Å². The minimum atomic E-state index is -0.0506. The van der Waals surface area contributed by atoms with Crippen molar-refractivity contribution in [2.75, 3.05) is 149 Å².